The Morgan fingerprint density at radius 3 is 2.50 bits per heavy atom. The van der Waals surface area contributed by atoms with Gasteiger partial charge in [0.2, 0.25) is 10.0 Å². The highest BCUT2D eigenvalue weighted by Gasteiger charge is 2.36. The summed E-state index contributed by atoms with van der Waals surface area (Å²) < 4.78 is 27.9. The molecule has 2 fully saturated rings. The molecule has 6 heteroatoms. The molecule has 1 aliphatic carbocycles. The van der Waals surface area contributed by atoms with Crippen LogP contribution < -0.4 is 0 Å². The zero-order chi connectivity index (χ0) is 21.0. The number of pyridine rings is 1. The van der Waals surface area contributed by atoms with E-state index >= 15 is 0 Å². The maximum absolute atomic E-state index is 13.1. The Hall–Kier alpha value is -2.05. The van der Waals surface area contributed by atoms with Crippen LogP contribution in [0, 0.1) is 11.8 Å². The van der Waals surface area contributed by atoms with E-state index in [1.807, 2.05) is 12.1 Å². The highest BCUT2D eigenvalue weighted by molar-refractivity contribution is 7.89. The molecule has 0 spiro atoms. The molecule has 0 unspecified atom stereocenters. The molecule has 2 aliphatic rings. The summed E-state index contributed by atoms with van der Waals surface area (Å²) in [5.74, 6) is 1.36. The van der Waals surface area contributed by atoms with Gasteiger partial charge >= 0.3 is 0 Å². The molecular formula is C24H30N2O3S. The molecule has 5 nitrogen and oxygen atoms in total. The third kappa shape index (κ3) is 4.98. The summed E-state index contributed by atoms with van der Waals surface area (Å²) in [7, 11) is -3.46. The Labute approximate surface area is 179 Å². The van der Waals surface area contributed by atoms with E-state index in [2.05, 4.69) is 4.98 Å². The molecule has 0 bridgehead atoms. The average molecular weight is 427 g/mol. The third-order valence-corrected chi connectivity index (χ3v) is 8.51. The first-order chi connectivity index (χ1) is 14.5. The summed E-state index contributed by atoms with van der Waals surface area (Å²) in [6, 6.07) is 10.7. The highest BCUT2D eigenvalue weighted by atomic mass is 32.2. The number of ketones is 1. The molecule has 160 valence electrons. The monoisotopic (exact) mass is 426 g/mol. The first-order valence-corrected chi connectivity index (χ1v) is 12.5. The first kappa shape index (κ1) is 21.2. The number of sulfonamides is 1. The van der Waals surface area contributed by atoms with Crippen molar-refractivity contribution in [3.05, 3.63) is 59.9 Å². The number of fused-ring (bicyclic) bond motifs is 1. The topological polar surface area (TPSA) is 67.3 Å². The van der Waals surface area contributed by atoms with Crippen molar-refractivity contribution in [1.29, 1.82) is 0 Å². The Morgan fingerprint density at radius 2 is 1.77 bits per heavy atom. The SMILES string of the molecule is O=C(CCc1cccnc1)Cc1ccc(S(=O)(=O)N2CC[C@H]3CCCC[C@@H]3C2)cc1. The van der Waals surface area contributed by atoms with Crippen LogP contribution >= 0.6 is 0 Å². The second-order valence-electron chi connectivity index (χ2n) is 8.68. The van der Waals surface area contributed by atoms with Crippen LogP contribution in [-0.2, 0) is 27.7 Å². The molecule has 1 saturated heterocycles. The van der Waals surface area contributed by atoms with Gasteiger partial charge in [-0.1, -0.05) is 37.5 Å². The molecule has 2 heterocycles. The molecule has 1 aromatic heterocycles. The van der Waals surface area contributed by atoms with Crippen molar-refractivity contribution in [3.63, 3.8) is 0 Å². The molecule has 1 aromatic carbocycles. The minimum atomic E-state index is -3.46. The van der Waals surface area contributed by atoms with E-state index in [9.17, 15) is 13.2 Å². The summed E-state index contributed by atoms with van der Waals surface area (Å²) >= 11 is 0. The van der Waals surface area contributed by atoms with E-state index in [1.165, 1.54) is 19.3 Å². The van der Waals surface area contributed by atoms with Crippen LogP contribution in [0.4, 0.5) is 0 Å². The van der Waals surface area contributed by atoms with Crippen molar-refractivity contribution < 1.29 is 13.2 Å². The number of rotatable bonds is 7. The first-order valence-electron chi connectivity index (χ1n) is 11.0. The van der Waals surface area contributed by atoms with Crippen molar-refractivity contribution >= 4 is 15.8 Å². The Bertz CT molecular complexity index is 958. The molecule has 1 saturated carbocycles. The lowest BCUT2D eigenvalue weighted by atomic mass is 9.76. The summed E-state index contributed by atoms with van der Waals surface area (Å²) in [6.07, 6.45) is 10.9. The van der Waals surface area contributed by atoms with Crippen molar-refractivity contribution in [3.8, 4) is 0 Å². The number of aryl methyl sites for hydroxylation is 1. The number of aromatic nitrogens is 1. The van der Waals surface area contributed by atoms with Gasteiger partial charge in [-0.15, -0.1) is 0 Å². The highest BCUT2D eigenvalue weighted by Crippen LogP contribution is 2.37. The number of piperidine rings is 1. The maximum atomic E-state index is 13.1. The largest absolute Gasteiger partial charge is 0.299 e. The normalized spacial score (nSPS) is 22.4. The molecule has 30 heavy (non-hydrogen) atoms. The van der Waals surface area contributed by atoms with Gasteiger partial charge in [0.15, 0.2) is 0 Å². The average Bonchev–Trinajstić information content (AvgIpc) is 2.78. The molecule has 2 atom stereocenters. The van der Waals surface area contributed by atoms with Gasteiger partial charge in [0.25, 0.3) is 0 Å². The number of benzene rings is 1. The fourth-order valence-electron chi connectivity index (χ4n) is 4.86. The lowest BCUT2D eigenvalue weighted by molar-refractivity contribution is -0.118. The molecule has 4 rings (SSSR count). The van der Waals surface area contributed by atoms with E-state index in [1.54, 1.807) is 41.0 Å². The van der Waals surface area contributed by atoms with E-state index in [0.717, 1.165) is 24.0 Å². The van der Waals surface area contributed by atoms with Gasteiger partial charge in [0.1, 0.15) is 5.78 Å². The number of carbonyl (C=O) groups excluding carboxylic acids is 1. The standard InChI is InChI=1S/C24H30N2O3S/c27-23(10-7-20-4-3-14-25-17-20)16-19-8-11-24(12-9-19)30(28,29)26-15-13-21-5-1-2-6-22(21)18-26/h3-4,8-9,11-12,14,17,21-22H,1-2,5-7,10,13,15-16,18H2/t21-,22-/m1/s1. The van der Waals surface area contributed by atoms with E-state index in [0.29, 0.717) is 49.1 Å². The Morgan fingerprint density at radius 1 is 1.00 bits per heavy atom. The van der Waals surface area contributed by atoms with Gasteiger partial charge in [-0.25, -0.2) is 8.42 Å². The van der Waals surface area contributed by atoms with Gasteiger partial charge in [-0.2, -0.15) is 4.31 Å². The van der Waals surface area contributed by atoms with Crippen LogP contribution in [-0.4, -0.2) is 36.6 Å². The third-order valence-electron chi connectivity index (χ3n) is 6.63. The van der Waals surface area contributed by atoms with E-state index in [4.69, 9.17) is 0 Å². The van der Waals surface area contributed by atoms with Crippen molar-refractivity contribution in [2.45, 2.75) is 56.3 Å². The van der Waals surface area contributed by atoms with Gasteiger partial charge in [-0.3, -0.25) is 9.78 Å². The van der Waals surface area contributed by atoms with Crippen molar-refractivity contribution in [2.75, 3.05) is 13.1 Å². The van der Waals surface area contributed by atoms with Crippen LogP contribution in [0.3, 0.4) is 0 Å². The van der Waals surface area contributed by atoms with Crippen LogP contribution in [0.5, 0.6) is 0 Å². The fraction of sp³-hybridized carbons (Fsp3) is 0.500. The van der Waals surface area contributed by atoms with E-state index in [-0.39, 0.29) is 5.78 Å². The van der Waals surface area contributed by atoms with Gasteiger partial charge in [0, 0.05) is 38.3 Å². The van der Waals surface area contributed by atoms with Gasteiger partial charge in [-0.05, 0) is 60.4 Å². The summed E-state index contributed by atoms with van der Waals surface area (Å²) in [5, 5.41) is 0. The number of hydrogen-bond acceptors (Lipinski definition) is 4. The minimum Gasteiger partial charge on any atom is -0.299 e. The molecular weight excluding hydrogens is 396 g/mol. The molecule has 0 N–H and O–H groups in total. The second kappa shape index (κ2) is 9.40. The predicted octanol–water partition coefficient (Wildman–Crippen LogP) is 4.03. The zero-order valence-corrected chi connectivity index (χ0v) is 18.2. The fourth-order valence-corrected chi connectivity index (χ4v) is 6.37. The molecule has 1 aliphatic heterocycles. The lowest BCUT2D eigenvalue weighted by Gasteiger charge is -2.40. The number of Topliss-reactive ketones (excluding diaryl/α,β-unsaturated/α-hetero) is 1. The minimum absolute atomic E-state index is 0.147. The van der Waals surface area contributed by atoms with E-state index < -0.39 is 10.0 Å². The van der Waals surface area contributed by atoms with Crippen molar-refractivity contribution in [1.82, 2.24) is 9.29 Å². The van der Waals surface area contributed by atoms with Crippen LogP contribution in [0.15, 0.2) is 53.7 Å². The molecule has 0 radical (unpaired) electrons. The van der Waals surface area contributed by atoms with Crippen LogP contribution in [0.1, 0.15) is 49.7 Å². The number of carbonyl (C=O) groups is 1. The zero-order valence-electron chi connectivity index (χ0n) is 17.4. The summed E-state index contributed by atoms with van der Waals surface area (Å²) in [6.45, 7) is 1.28. The lowest BCUT2D eigenvalue weighted by Crippen LogP contribution is -2.44. The van der Waals surface area contributed by atoms with Crippen LogP contribution in [0.25, 0.3) is 0 Å². The van der Waals surface area contributed by atoms with Crippen molar-refractivity contribution in [2.24, 2.45) is 11.8 Å². The predicted molar refractivity (Wildman–Crippen MR) is 117 cm³/mol. The maximum Gasteiger partial charge on any atom is 0.243 e. The van der Waals surface area contributed by atoms with Gasteiger partial charge < -0.3 is 0 Å². The quantitative estimate of drug-likeness (QED) is 0.670. The van der Waals surface area contributed by atoms with Crippen LogP contribution in [0.2, 0.25) is 0 Å². The summed E-state index contributed by atoms with van der Waals surface area (Å²) in [4.78, 5) is 16.7. The number of hydrogen-bond donors (Lipinski definition) is 0. The smallest absolute Gasteiger partial charge is 0.243 e. The Balaban J connectivity index is 1.34. The number of nitrogens with zero attached hydrogens (tertiary/aromatic N) is 2. The Kier molecular flexibility index (Phi) is 6.64. The van der Waals surface area contributed by atoms with Gasteiger partial charge in [0.05, 0.1) is 4.90 Å². The second-order valence-corrected chi connectivity index (χ2v) is 10.6. The molecule has 0 amide bonds. The summed E-state index contributed by atoms with van der Waals surface area (Å²) in [5.41, 5.74) is 1.91. The molecule has 2 aromatic rings.